The number of aryl methyl sites for hydroxylation is 3. The maximum atomic E-state index is 5.72. The Kier molecular flexibility index (Phi) is 4.51. The summed E-state index contributed by atoms with van der Waals surface area (Å²) in [6, 6.07) is 8.88. The molecular weight excluding hydrogens is 300 g/mol. The van der Waals surface area contributed by atoms with Crippen LogP contribution < -0.4 is 0 Å². The van der Waals surface area contributed by atoms with E-state index >= 15 is 0 Å². The molecule has 0 saturated carbocycles. The zero-order chi connectivity index (χ0) is 14.0. The highest BCUT2D eigenvalue weighted by molar-refractivity contribution is 9.09. The highest BCUT2D eigenvalue weighted by Crippen LogP contribution is 2.37. The molecule has 1 unspecified atom stereocenters. The number of furan rings is 1. The molecule has 0 aliphatic heterocycles. The second-order valence-electron chi connectivity index (χ2n) is 5.11. The van der Waals surface area contributed by atoms with Crippen molar-refractivity contribution in [2.45, 2.75) is 45.4 Å². The van der Waals surface area contributed by atoms with Crippen LogP contribution in [0, 0.1) is 20.8 Å². The summed E-state index contributed by atoms with van der Waals surface area (Å²) >= 11 is 3.81. The van der Waals surface area contributed by atoms with E-state index in [1.54, 1.807) is 0 Å². The predicted molar refractivity (Wildman–Crippen MR) is 84.1 cm³/mol. The van der Waals surface area contributed by atoms with Crippen LogP contribution in [0.4, 0.5) is 0 Å². The quantitative estimate of drug-likeness (QED) is 0.664. The summed E-state index contributed by atoms with van der Waals surface area (Å²) in [7, 11) is 0. The van der Waals surface area contributed by atoms with Gasteiger partial charge in [0.05, 0.1) is 4.83 Å². The smallest absolute Gasteiger partial charge is 0.106 e. The van der Waals surface area contributed by atoms with Crippen LogP contribution in [0.2, 0.25) is 0 Å². The molecule has 0 aliphatic carbocycles. The molecule has 0 saturated heterocycles. The van der Waals surface area contributed by atoms with Gasteiger partial charge in [-0.15, -0.1) is 0 Å². The molecule has 0 amide bonds. The Hall–Kier alpha value is -1.02. The fourth-order valence-electron chi connectivity index (χ4n) is 2.49. The molecule has 102 valence electrons. The first-order chi connectivity index (χ1) is 9.04. The van der Waals surface area contributed by atoms with E-state index in [0.717, 1.165) is 17.9 Å². The predicted octanol–water partition coefficient (Wildman–Crippen LogP) is 5.64. The van der Waals surface area contributed by atoms with Crippen molar-refractivity contribution in [1.82, 2.24) is 0 Å². The summed E-state index contributed by atoms with van der Waals surface area (Å²) in [5.74, 6) is 2.02. The summed E-state index contributed by atoms with van der Waals surface area (Å²) in [5.41, 5.74) is 5.20. The van der Waals surface area contributed by atoms with E-state index in [-0.39, 0.29) is 4.83 Å². The standard InChI is InChI=1S/C17H21BrO/c1-5-6-14-7-9-15(10-8-14)17(18)16-11(2)12(3)19-13(16)4/h7-10,17H,5-6H2,1-4H3. The molecule has 0 N–H and O–H groups in total. The van der Waals surface area contributed by atoms with Crippen LogP contribution in [0.5, 0.6) is 0 Å². The Bertz CT molecular complexity index is 551. The van der Waals surface area contributed by atoms with Crippen molar-refractivity contribution in [3.63, 3.8) is 0 Å². The van der Waals surface area contributed by atoms with Gasteiger partial charge < -0.3 is 4.42 Å². The third kappa shape index (κ3) is 2.94. The van der Waals surface area contributed by atoms with E-state index in [0.29, 0.717) is 0 Å². The van der Waals surface area contributed by atoms with Crippen LogP contribution in [-0.2, 0) is 6.42 Å². The minimum Gasteiger partial charge on any atom is -0.466 e. The molecule has 1 nitrogen and oxygen atoms in total. The Morgan fingerprint density at radius 1 is 1.05 bits per heavy atom. The molecule has 1 aromatic heterocycles. The normalized spacial score (nSPS) is 12.7. The van der Waals surface area contributed by atoms with Gasteiger partial charge in [0, 0.05) is 5.56 Å². The molecule has 0 spiro atoms. The Morgan fingerprint density at radius 3 is 2.16 bits per heavy atom. The lowest BCUT2D eigenvalue weighted by molar-refractivity contribution is 0.500. The van der Waals surface area contributed by atoms with Crippen molar-refractivity contribution in [3.8, 4) is 0 Å². The molecule has 0 fully saturated rings. The lowest BCUT2D eigenvalue weighted by atomic mass is 9.99. The van der Waals surface area contributed by atoms with E-state index in [2.05, 4.69) is 54.0 Å². The van der Waals surface area contributed by atoms with Crippen LogP contribution in [-0.4, -0.2) is 0 Å². The van der Waals surface area contributed by atoms with Crippen molar-refractivity contribution >= 4 is 15.9 Å². The van der Waals surface area contributed by atoms with Gasteiger partial charge in [0.1, 0.15) is 11.5 Å². The highest BCUT2D eigenvalue weighted by Gasteiger charge is 2.20. The Morgan fingerprint density at radius 2 is 1.68 bits per heavy atom. The van der Waals surface area contributed by atoms with Gasteiger partial charge in [-0.2, -0.15) is 0 Å². The zero-order valence-corrected chi connectivity index (χ0v) is 13.7. The second-order valence-corrected chi connectivity index (χ2v) is 6.02. The molecule has 0 radical (unpaired) electrons. The molecule has 2 rings (SSSR count). The average molecular weight is 321 g/mol. The van der Waals surface area contributed by atoms with E-state index in [1.165, 1.54) is 28.7 Å². The lowest BCUT2D eigenvalue weighted by Crippen LogP contribution is -1.96. The van der Waals surface area contributed by atoms with Crippen LogP contribution >= 0.6 is 15.9 Å². The zero-order valence-electron chi connectivity index (χ0n) is 12.1. The Labute approximate surface area is 124 Å². The van der Waals surface area contributed by atoms with Crippen molar-refractivity contribution in [2.24, 2.45) is 0 Å². The van der Waals surface area contributed by atoms with E-state index in [9.17, 15) is 0 Å². The average Bonchev–Trinajstić information content (AvgIpc) is 2.64. The summed E-state index contributed by atoms with van der Waals surface area (Å²) in [5, 5.41) is 0. The van der Waals surface area contributed by atoms with Crippen LogP contribution in [0.15, 0.2) is 28.7 Å². The van der Waals surface area contributed by atoms with Gasteiger partial charge >= 0.3 is 0 Å². The molecule has 0 aliphatic rings. The largest absolute Gasteiger partial charge is 0.466 e. The van der Waals surface area contributed by atoms with Gasteiger partial charge in [-0.25, -0.2) is 0 Å². The van der Waals surface area contributed by atoms with E-state index < -0.39 is 0 Å². The summed E-state index contributed by atoms with van der Waals surface area (Å²) in [6.07, 6.45) is 2.34. The molecule has 1 heterocycles. The number of hydrogen-bond acceptors (Lipinski definition) is 1. The molecule has 1 aromatic carbocycles. The first-order valence-corrected chi connectivity index (χ1v) is 7.75. The van der Waals surface area contributed by atoms with E-state index in [4.69, 9.17) is 4.42 Å². The molecule has 2 aromatic rings. The number of rotatable bonds is 4. The maximum absolute atomic E-state index is 5.72. The first-order valence-electron chi connectivity index (χ1n) is 6.84. The Balaban J connectivity index is 2.30. The molecule has 1 atom stereocenters. The lowest BCUT2D eigenvalue weighted by Gasteiger charge is -2.12. The van der Waals surface area contributed by atoms with Crippen molar-refractivity contribution in [3.05, 3.63) is 58.0 Å². The number of halogens is 1. The number of alkyl halides is 1. The minimum absolute atomic E-state index is 0.209. The number of hydrogen-bond donors (Lipinski definition) is 0. The number of benzene rings is 1. The van der Waals surface area contributed by atoms with Gasteiger partial charge in [0.15, 0.2) is 0 Å². The molecule has 19 heavy (non-hydrogen) atoms. The van der Waals surface area contributed by atoms with Crippen LogP contribution in [0.3, 0.4) is 0 Å². The summed E-state index contributed by atoms with van der Waals surface area (Å²) in [6.45, 7) is 8.40. The van der Waals surface area contributed by atoms with Gasteiger partial charge in [-0.3, -0.25) is 0 Å². The van der Waals surface area contributed by atoms with Crippen LogP contribution in [0.1, 0.15) is 51.9 Å². The van der Waals surface area contributed by atoms with Crippen LogP contribution in [0.25, 0.3) is 0 Å². The highest BCUT2D eigenvalue weighted by atomic mass is 79.9. The van der Waals surface area contributed by atoms with Gasteiger partial charge in [0.25, 0.3) is 0 Å². The maximum Gasteiger partial charge on any atom is 0.106 e. The first kappa shape index (κ1) is 14.4. The molecular formula is C17H21BrO. The third-order valence-electron chi connectivity index (χ3n) is 3.68. The van der Waals surface area contributed by atoms with Crippen molar-refractivity contribution < 1.29 is 4.42 Å². The summed E-state index contributed by atoms with van der Waals surface area (Å²) in [4.78, 5) is 0.209. The van der Waals surface area contributed by atoms with Crippen molar-refractivity contribution in [2.75, 3.05) is 0 Å². The monoisotopic (exact) mass is 320 g/mol. The topological polar surface area (TPSA) is 13.1 Å². The second kappa shape index (κ2) is 5.96. The SMILES string of the molecule is CCCc1ccc(C(Br)c2c(C)oc(C)c2C)cc1. The fraction of sp³-hybridized carbons (Fsp3) is 0.412. The molecule has 0 bridgehead atoms. The van der Waals surface area contributed by atoms with Crippen molar-refractivity contribution in [1.29, 1.82) is 0 Å². The van der Waals surface area contributed by atoms with Gasteiger partial charge in [-0.05, 0) is 43.9 Å². The van der Waals surface area contributed by atoms with Gasteiger partial charge in [0.2, 0.25) is 0 Å². The molecule has 2 heteroatoms. The minimum atomic E-state index is 0.209. The van der Waals surface area contributed by atoms with Gasteiger partial charge in [-0.1, -0.05) is 53.5 Å². The third-order valence-corrected chi connectivity index (χ3v) is 4.67. The van der Waals surface area contributed by atoms with E-state index in [1.807, 2.05) is 13.8 Å². The fourth-order valence-corrected chi connectivity index (χ4v) is 3.46. The summed E-state index contributed by atoms with van der Waals surface area (Å²) < 4.78 is 5.72.